The summed E-state index contributed by atoms with van der Waals surface area (Å²) in [5.74, 6) is -1.25. The number of methoxy groups -OCH3 is 1. The number of amides is 2. The van der Waals surface area contributed by atoms with Crippen LogP contribution in [-0.2, 0) is 16.1 Å². The van der Waals surface area contributed by atoms with E-state index in [0.29, 0.717) is 0 Å². The van der Waals surface area contributed by atoms with E-state index in [9.17, 15) is 24.8 Å². The van der Waals surface area contributed by atoms with Crippen molar-refractivity contribution in [2.75, 3.05) is 7.11 Å². The molecule has 2 amide bonds. The summed E-state index contributed by atoms with van der Waals surface area (Å²) in [6, 6.07) is 9.22. The Morgan fingerprint density at radius 3 is 2.60 bits per heavy atom. The number of carbonyl (C=O) groups excluding carboxylic acids is 2. The lowest BCUT2D eigenvalue weighted by Gasteiger charge is -2.28. The van der Waals surface area contributed by atoms with Crippen LogP contribution in [0, 0.1) is 10.1 Å². The highest BCUT2D eigenvalue weighted by molar-refractivity contribution is 5.95. The molecule has 3 rings (SSSR count). The first kappa shape index (κ1) is 20.6. The molecule has 0 spiro atoms. The molecule has 0 saturated heterocycles. The van der Waals surface area contributed by atoms with Gasteiger partial charge in [0.1, 0.15) is 6.61 Å². The molecule has 10 heteroatoms. The largest absolute Gasteiger partial charge is 0.504 e. The van der Waals surface area contributed by atoms with Crippen LogP contribution in [0.5, 0.6) is 11.5 Å². The van der Waals surface area contributed by atoms with Crippen molar-refractivity contribution < 1.29 is 29.1 Å². The number of ether oxygens (including phenoxy) is 2. The molecule has 1 unspecified atom stereocenters. The number of phenols is 1. The molecule has 3 N–H and O–H groups in total. The van der Waals surface area contributed by atoms with Crippen molar-refractivity contribution in [1.82, 2.24) is 10.6 Å². The van der Waals surface area contributed by atoms with Crippen molar-refractivity contribution in [1.29, 1.82) is 0 Å². The Bertz CT molecular complexity index is 1030. The zero-order valence-corrected chi connectivity index (χ0v) is 16.2. The molecule has 1 heterocycles. The minimum Gasteiger partial charge on any atom is -0.504 e. The Morgan fingerprint density at radius 2 is 1.97 bits per heavy atom. The summed E-state index contributed by atoms with van der Waals surface area (Å²) in [7, 11) is 1.25. The van der Waals surface area contributed by atoms with E-state index in [4.69, 9.17) is 9.47 Å². The number of nitrogens with zero attached hydrogens (tertiary/aromatic N) is 1. The first-order valence-electron chi connectivity index (χ1n) is 8.86. The van der Waals surface area contributed by atoms with Crippen molar-refractivity contribution in [3.63, 3.8) is 0 Å². The number of hydrogen-bond donors (Lipinski definition) is 3. The molecule has 2 aromatic rings. The fraction of sp³-hybridized carbons (Fsp3) is 0.200. The molecule has 1 aliphatic heterocycles. The summed E-state index contributed by atoms with van der Waals surface area (Å²) >= 11 is 0. The molecular formula is C20H19N3O7. The zero-order chi connectivity index (χ0) is 21.8. The summed E-state index contributed by atoms with van der Waals surface area (Å²) in [4.78, 5) is 35.8. The van der Waals surface area contributed by atoms with Crippen molar-refractivity contribution >= 4 is 17.7 Å². The molecule has 30 heavy (non-hydrogen) atoms. The van der Waals surface area contributed by atoms with E-state index < -0.39 is 28.7 Å². The highest BCUT2D eigenvalue weighted by atomic mass is 16.6. The van der Waals surface area contributed by atoms with Crippen molar-refractivity contribution in [2.24, 2.45) is 0 Å². The number of carbonyl (C=O) groups is 2. The number of phenolic OH excluding ortho intramolecular Hbond substituents is 1. The molecular weight excluding hydrogens is 394 g/mol. The number of nitro groups is 1. The van der Waals surface area contributed by atoms with Gasteiger partial charge < -0.3 is 25.2 Å². The topological polar surface area (TPSA) is 140 Å². The monoisotopic (exact) mass is 413 g/mol. The van der Waals surface area contributed by atoms with Gasteiger partial charge in [-0.15, -0.1) is 0 Å². The summed E-state index contributed by atoms with van der Waals surface area (Å²) in [6.45, 7) is 1.47. The maximum Gasteiger partial charge on any atom is 0.338 e. The van der Waals surface area contributed by atoms with Gasteiger partial charge in [0, 0.05) is 5.70 Å². The number of nitrogens with one attached hydrogen (secondary N) is 2. The van der Waals surface area contributed by atoms with Crippen LogP contribution in [0.15, 0.2) is 53.7 Å². The Morgan fingerprint density at radius 1 is 1.27 bits per heavy atom. The van der Waals surface area contributed by atoms with Gasteiger partial charge in [-0.25, -0.2) is 9.59 Å². The molecule has 0 aliphatic carbocycles. The Hall–Kier alpha value is -4.08. The standard InChI is InChI=1S/C20H19N3O7/c1-11-17(19(25)30-10-12-6-4-3-5-7-12)18(22-20(26)21-11)13-8-15(24)16(29-2)9-14(13)23(27)28/h3-9,18,24H,10H2,1-2H3,(H2,21,22,26). The fourth-order valence-electron chi connectivity index (χ4n) is 3.13. The second-order valence-electron chi connectivity index (χ2n) is 6.47. The molecule has 0 fully saturated rings. The molecule has 0 saturated carbocycles. The number of allylic oxidation sites excluding steroid dienone is 1. The van der Waals surface area contributed by atoms with Crippen LogP contribution in [0.3, 0.4) is 0 Å². The van der Waals surface area contributed by atoms with E-state index in [1.54, 1.807) is 24.3 Å². The second-order valence-corrected chi connectivity index (χ2v) is 6.47. The lowest BCUT2D eigenvalue weighted by molar-refractivity contribution is -0.385. The van der Waals surface area contributed by atoms with Gasteiger partial charge in [-0.05, 0) is 18.6 Å². The van der Waals surface area contributed by atoms with E-state index in [1.165, 1.54) is 14.0 Å². The smallest absolute Gasteiger partial charge is 0.338 e. The van der Waals surface area contributed by atoms with Crippen molar-refractivity contribution in [3.05, 3.63) is 75.0 Å². The molecule has 2 aromatic carbocycles. The lowest BCUT2D eigenvalue weighted by atomic mass is 9.93. The van der Waals surface area contributed by atoms with E-state index in [-0.39, 0.29) is 34.9 Å². The highest BCUT2D eigenvalue weighted by Gasteiger charge is 2.37. The van der Waals surface area contributed by atoms with Crippen LogP contribution >= 0.6 is 0 Å². The van der Waals surface area contributed by atoms with Crippen LogP contribution in [0.4, 0.5) is 10.5 Å². The van der Waals surface area contributed by atoms with E-state index in [0.717, 1.165) is 17.7 Å². The van der Waals surface area contributed by atoms with Gasteiger partial charge >= 0.3 is 12.0 Å². The van der Waals surface area contributed by atoms with Crippen LogP contribution in [0.25, 0.3) is 0 Å². The van der Waals surface area contributed by atoms with Crippen LogP contribution in [0.1, 0.15) is 24.1 Å². The van der Waals surface area contributed by atoms with Crippen molar-refractivity contribution in [3.8, 4) is 11.5 Å². The maximum absolute atomic E-state index is 12.8. The van der Waals surface area contributed by atoms with E-state index in [2.05, 4.69) is 10.6 Å². The predicted molar refractivity (Wildman–Crippen MR) is 105 cm³/mol. The Kier molecular flexibility index (Phi) is 5.86. The minimum absolute atomic E-state index is 0.0156. The molecule has 156 valence electrons. The minimum atomic E-state index is -1.21. The van der Waals surface area contributed by atoms with Gasteiger partial charge in [0.2, 0.25) is 0 Å². The molecule has 0 bridgehead atoms. The Balaban J connectivity index is 2.01. The average molecular weight is 413 g/mol. The molecule has 10 nitrogen and oxygen atoms in total. The number of benzene rings is 2. The third kappa shape index (κ3) is 4.17. The summed E-state index contributed by atoms with van der Waals surface area (Å²) < 4.78 is 10.3. The van der Waals surface area contributed by atoms with E-state index in [1.807, 2.05) is 6.07 Å². The second kappa shape index (κ2) is 8.52. The quantitative estimate of drug-likeness (QED) is 0.376. The van der Waals surface area contributed by atoms with Gasteiger partial charge in [-0.3, -0.25) is 10.1 Å². The summed E-state index contributed by atoms with van der Waals surface area (Å²) in [5.41, 5.74) is 0.406. The number of nitro benzene ring substituents is 1. The molecule has 1 atom stereocenters. The van der Waals surface area contributed by atoms with Crippen LogP contribution in [-0.4, -0.2) is 29.1 Å². The molecule has 0 radical (unpaired) electrons. The number of urea groups is 1. The summed E-state index contributed by atoms with van der Waals surface area (Å²) in [5, 5.41) is 26.7. The maximum atomic E-state index is 12.8. The molecule has 0 aromatic heterocycles. The normalized spacial score (nSPS) is 15.8. The lowest BCUT2D eigenvalue weighted by Crippen LogP contribution is -2.45. The van der Waals surface area contributed by atoms with Gasteiger partial charge in [-0.2, -0.15) is 0 Å². The third-order valence-corrected chi connectivity index (χ3v) is 4.54. The van der Waals surface area contributed by atoms with Crippen molar-refractivity contribution in [2.45, 2.75) is 19.6 Å². The van der Waals surface area contributed by atoms with E-state index >= 15 is 0 Å². The summed E-state index contributed by atoms with van der Waals surface area (Å²) in [6.07, 6.45) is 0. The SMILES string of the molecule is COc1cc([N+](=O)[O-])c(C2NC(=O)NC(C)=C2C(=O)OCc2ccccc2)cc1O. The van der Waals surface area contributed by atoms with Crippen LogP contribution in [0.2, 0.25) is 0 Å². The van der Waals surface area contributed by atoms with Gasteiger partial charge in [0.15, 0.2) is 11.5 Å². The molecule has 1 aliphatic rings. The van der Waals surface area contributed by atoms with Gasteiger partial charge in [0.05, 0.1) is 35.3 Å². The third-order valence-electron chi connectivity index (χ3n) is 4.54. The number of aromatic hydroxyl groups is 1. The number of esters is 1. The average Bonchev–Trinajstić information content (AvgIpc) is 2.71. The number of rotatable bonds is 6. The fourth-order valence-corrected chi connectivity index (χ4v) is 3.13. The number of hydrogen-bond acceptors (Lipinski definition) is 7. The highest BCUT2D eigenvalue weighted by Crippen LogP contribution is 2.40. The first-order chi connectivity index (χ1) is 14.3. The zero-order valence-electron chi connectivity index (χ0n) is 16.2. The predicted octanol–water partition coefficient (Wildman–Crippen LogP) is 2.68. The van der Waals surface area contributed by atoms with Gasteiger partial charge in [0.25, 0.3) is 5.69 Å². The van der Waals surface area contributed by atoms with Gasteiger partial charge in [-0.1, -0.05) is 30.3 Å². The Labute approximate surface area is 171 Å². The first-order valence-corrected chi connectivity index (χ1v) is 8.86. The van der Waals surface area contributed by atoms with Crippen LogP contribution < -0.4 is 15.4 Å².